The van der Waals surface area contributed by atoms with E-state index in [1.54, 1.807) is 0 Å². The molecule has 5 nitrogen and oxygen atoms in total. The Morgan fingerprint density at radius 2 is 2.05 bits per heavy atom. The summed E-state index contributed by atoms with van der Waals surface area (Å²) >= 11 is 0. The van der Waals surface area contributed by atoms with Gasteiger partial charge in [-0.2, -0.15) is 10.4 Å². The predicted octanol–water partition coefficient (Wildman–Crippen LogP) is 2.74. The van der Waals surface area contributed by atoms with Crippen LogP contribution in [0.1, 0.15) is 29.7 Å². The first-order valence-corrected chi connectivity index (χ1v) is 6.51. The fraction of sp³-hybridized carbons (Fsp3) is 0.200. The Labute approximate surface area is 116 Å². The molecule has 1 aliphatic carbocycles. The topological polar surface area (TPSA) is 84.2 Å². The molecule has 0 bridgehead atoms. The number of para-hydroxylation sites is 1. The highest BCUT2D eigenvalue weighted by atomic mass is 16.3. The quantitative estimate of drug-likeness (QED) is 0.731. The summed E-state index contributed by atoms with van der Waals surface area (Å²) in [4.78, 5) is 2.87. The third-order valence-electron chi connectivity index (χ3n) is 3.39. The molecule has 2 aromatic rings. The molecule has 3 rings (SSSR count). The SMILES string of the molecule is N#Cc1c(O)[nH]c2c1/C(=N/Nc1ccccc1)CCC2. The van der Waals surface area contributed by atoms with Crippen LogP contribution in [0.2, 0.25) is 0 Å². The van der Waals surface area contributed by atoms with Crippen LogP contribution < -0.4 is 5.43 Å². The van der Waals surface area contributed by atoms with Gasteiger partial charge in [-0.15, -0.1) is 0 Å². The van der Waals surface area contributed by atoms with Gasteiger partial charge in [0, 0.05) is 11.3 Å². The molecule has 0 radical (unpaired) electrons. The lowest BCUT2D eigenvalue weighted by Gasteiger charge is -2.14. The molecule has 1 aromatic heterocycles. The minimum absolute atomic E-state index is 0.0631. The van der Waals surface area contributed by atoms with E-state index >= 15 is 0 Å². The van der Waals surface area contributed by atoms with E-state index in [4.69, 9.17) is 5.26 Å². The van der Waals surface area contributed by atoms with Gasteiger partial charge in [-0.05, 0) is 31.4 Å². The van der Waals surface area contributed by atoms with Crippen LogP contribution in [0.4, 0.5) is 5.69 Å². The average Bonchev–Trinajstić information content (AvgIpc) is 2.82. The van der Waals surface area contributed by atoms with E-state index < -0.39 is 0 Å². The molecule has 1 heterocycles. The van der Waals surface area contributed by atoms with Gasteiger partial charge < -0.3 is 10.1 Å². The van der Waals surface area contributed by atoms with E-state index in [-0.39, 0.29) is 11.4 Å². The molecule has 0 atom stereocenters. The largest absolute Gasteiger partial charge is 0.494 e. The third-order valence-corrected chi connectivity index (χ3v) is 3.39. The van der Waals surface area contributed by atoms with Gasteiger partial charge in [0.1, 0.15) is 11.6 Å². The Morgan fingerprint density at radius 1 is 1.25 bits per heavy atom. The molecule has 0 aliphatic heterocycles. The first kappa shape index (κ1) is 12.3. The number of rotatable bonds is 2. The van der Waals surface area contributed by atoms with Gasteiger partial charge in [-0.1, -0.05) is 18.2 Å². The minimum Gasteiger partial charge on any atom is -0.494 e. The van der Waals surface area contributed by atoms with Crippen LogP contribution in [0, 0.1) is 11.3 Å². The second kappa shape index (κ2) is 5.10. The number of nitrogens with zero attached hydrogens (tertiary/aromatic N) is 2. The van der Waals surface area contributed by atoms with Crippen molar-refractivity contribution in [3.8, 4) is 11.9 Å². The lowest BCUT2D eigenvalue weighted by molar-refractivity contribution is 0.454. The van der Waals surface area contributed by atoms with Crippen molar-refractivity contribution in [1.29, 1.82) is 5.26 Å². The summed E-state index contributed by atoms with van der Waals surface area (Å²) in [6, 6.07) is 11.7. The van der Waals surface area contributed by atoms with Crippen LogP contribution in [-0.4, -0.2) is 15.8 Å². The maximum atomic E-state index is 9.75. The number of H-pyrrole nitrogens is 1. The molecule has 20 heavy (non-hydrogen) atoms. The van der Waals surface area contributed by atoms with Gasteiger partial charge in [0.2, 0.25) is 5.88 Å². The third kappa shape index (κ3) is 2.12. The summed E-state index contributed by atoms with van der Waals surface area (Å²) in [6.07, 6.45) is 2.57. The number of aromatic nitrogens is 1. The van der Waals surface area contributed by atoms with Crippen LogP contribution in [0.25, 0.3) is 0 Å². The Morgan fingerprint density at radius 3 is 2.80 bits per heavy atom. The molecule has 3 N–H and O–H groups in total. The molecule has 0 spiro atoms. The number of hydrogen-bond acceptors (Lipinski definition) is 4. The number of fused-ring (bicyclic) bond motifs is 1. The van der Waals surface area contributed by atoms with Crippen molar-refractivity contribution in [2.24, 2.45) is 5.10 Å². The van der Waals surface area contributed by atoms with Gasteiger partial charge >= 0.3 is 0 Å². The van der Waals surface area contributed by atoms with Crippen molar-refractivity contribution in [3.63, 3.8) is 0 Å². The summed E-state index contributed by atoms with van der Waals surface area (Å²) in [5.74, 6) is -0.0631. The average molecular weight is 266 g/mol. The van der Waals surface area contributed by atoms with Crippen molar-refractivity contribution in [1.82, 2.24) is 4.98 Å². The molecular weight excluding hydrogens is 252 g/mol. The number of hydrogen-bond donors (Lipinski definition) is 3. The van der Waals surface area contributed by atoms with Crippen molar-refractivity contribution in [2.75, 3.05) is 5.43 Å². The van der Waals surface area contributed by atoms with Crippen LogP contribution in [0.5, 0.6) is 5.88 Å². The smallest absolute Gasteiger partial charge is 0.207 e. The molecule has 0 saturated carbocycles. The van der Waals surface area contributed by atoms with E-state index in [0.717, 1.165) is 41.9 Å². The highest BCUT2D eigenvalue weighted by molar-refractivity contribution is 6.05. The van der Waals surface area contributed by atoms with Crippen LogP contribution in [0.15, 0.2) is 35.4 Å². The summed E-state index contributed by atoms with van der Waals surface area (Å²) < 4.78 is 0. The van der Waals surface area contributed by atoms with E-state index in [9.17, 15) is 5.11 Å². The minimum atomic E-state index is -0.0631. The lowest BCUT2D eigenvalue weighted by atomic mass is 9.93. The van der Waals surface area contributed by atoms with Gasteiger partial charge in [-0.25, -0.2) is 0 Å². The Bertz CT molecular complexity index is 695. The highest BCUT2D eigenvalue weighted by Gasteiger charge is 2.24. The molecule has 5 heteroatoms. The number of aromatic amines is 1. The first-order chi connectivity index (χ1) is 9.79. The van der Waals surface area contributed by atoms with Crippen molar-refractivity contribution >= 4 is 11.4 Å². The fourth-order valence-electron chi connectivity index (χ4n) is 2.47. The fourth-order valence-corrected chi connectivity index (χ4v) is 2.47. The summed E-state index contributed by atoms with van der Waals surface area (Å²) in [5, 5.41) is 23.3. The second-order valence-corrected chi connectivity index (χ2v) is 4.70. The standard InChI is InChI=1S/C15H14N4O/c16-9-11-14-12(17-15(11)20)7-4-8-13(14)19-18-10-5-2-1-3-6-10/h1-3,5-6,17-18,20H,4,7-8H2/b19-13+. The Kier molecular flexibility index (Phi) is 3.13. The van der Waals surface area contributed by atoms with Gasteiger partial charge in [0.15, 0.2) is 0 Å². The zero-order valence-corrected chi connectivity index (χ0v) is 10.8. The van der Waals surface area contributed by atoms with E-state index in [1.165, 1.54) is 0 Å². The highest BCUT2D eigenvalue weighted by Crippen LogP contribution is 2.30. The van der Waals surface area contributed by atoms with Gasteiger partial charge in [0.25, 0.3) is 0 Å². The molecule has 0 amide bonds. The molecule has 0 fully saturated rings. The normalized spacial score (nSPS) is 15.7. The number of aromatic hydroxyl groups is 1. The summed E-state index contributed by atoms with van der Waals surface area (Å²) in [6.45, 7) is 0. The number of nitriles is 1. The first-order valence-electron chi connectivity index (χ1n) is 6.51. The van der Waals surface area contributed by atoms with Crippen LogP contribution in [0.3, 0.4) is 0 Å². The maximum Gasteiger partial charge on any atom is 0.207 e. The molecule has 1 aromatic carbocycles. The van der Waals surface area contributed by atoms with Crippen molar-refractivity contribution < 1.29 is 5.11 Å². The second-order valence-electron chi connectivity index (χ2n) is 4.70. The molecule has 100 valence electrons. The van der Waals surface area contributed by atoms with E-state index in [0.29, 0.717) is 0 Å². The maximum absolute atomic E-state index is 9.75. The monoisotopic (exact) mass is 266 g/mol. The molecule has 0 unspecified atom stereocenters. The number of hydrazone groups is 1. The van der Waals surface area contributed by atoms with Crippen molar-refractivity contribution in [2.45, 2.75) is 19.3 Å². The van der Waals surface area contributed by atoms with Crippen LogP contribution in [-0.2, 0) is 6.42 Å². The molecule has 0 saturated heterocycles. The molecule has 1 aliphatic rings. The summed E-state index contributed by atoms with van der Waals surface area (Å²) in [5.41, 5.74) is 6.62. The molecular formula is C15H14N4O. The lowest BCUT2D eigenvalue weighted by Crippen LogP contribution is -2.13. The number of nitrogens with one attached hydrogen (secondary N) is 2. The van der Waals surface area contributed by atoms with Crippen molar-refractivity contribution in [3.05, 3.63) is 47.2 Å². The van der Waals surface area contributed by atoms with Crippen LogP contribution >= 0.6 is 0 Å². The zero-order valence-electron chi connectivity index (χ0n) is 10.8. The zero-order chi connectivity index (χ0) is 13.9. The number of aryl methyl sites for hydroxylation is 1. The van der Waals surface area contributed by atoms with Gasteiger partial charge in [-0.3, -0.25) is 5.43 Å². The van der Waals surface area contributed by atoms with E-state index in [1.807, 2.05) is 36.4 Å². The van der Waals surface area contributed by atoms with E-state index in [2.05, 4.69) is 15.5 Å². The summed E-state index contributed by atoms with van der Waals surface area (Å²) in [7, 11) is 0. The van der Waals surface area contributed by atoms with Gasteiger partial charge in [0.05, 0.1) is 11.4 Å². The Hall–Kier alpha value is -2.74. The Balaban J connectivity index is 1.96. The number of anilines is 1. The number of benzene rings is 1. The predicted molar refractivity (Wildman–Crippen MR) is 76.7 cm³/mol.